The smallest absolute Gasteiger partial charge is 0.101 e. The van der Waals surface area contributed by atoms with E-state index >= 15 is 0 Å². The minimum absolute atomic E-state index is 0.639. The number of fused-ring (bicyclic) bond motifs is 1. The van der Waals surface area contributed by atoms with Crippen LogP contribution in [-0.2, 0) is 13.0 Å². The third-order valence-electron chi connectivity index (χ3n) is 3.84. The molecule has 0 radical (unpaired) electrons. The summed E-state index contributed by atoms with van der Waals surface area (Å²) in [6.07, 6.45) is 2.20. The summed E-state index contributed by atoms with van der Waals surface area (Å²) in [7, 11) is 0. The van der Waals surface area contributed by atoms with Crippen LogP contribution in [0.1, 0.15) is 23.1 Å². The van der Waals surface area contributed by atoms with Gasteiger partial charge in [-0.3, -0.25) is 0 Å². The number of nitrogens with two attached hydrogens (primary N) is 1. The number of nitriles is 1. The number of hydrogen-bond acceptors (Lipinski definition) is 3. The fraction of sp³-hybridized carbons (Fsp3) is 0.235. The molecule has 0 saturated heterocycles. The van der Waals surface area contributed by atoms with Crippen molar-refractivity contribution in [2.45, 2.75) is 19.4 Å². The molecule has 1 aliphatic rings. The first-order valence-corrected chi connectivity index (χ1v) is 6.89. The van der Waals surface area contributed by atoms with Crippen LogP contribution in [0, 0.1) is 11.3 Å². The Kier molecular flexibility index (Phi) is 3.30. The summed E-state index contributed by atoms with van der Waals surface area (Å²) >= 11 is 0. The highest BCUT2D eigenvalue weighted by atomic mass is 15.1. The summed E-state index contributed by atoms with van der Waals surface area (Å²) in [5, 5.41) is 9.31. The third kappa shape index (κ3) is 2.33. The van der Waals surface area contributed by atoms with Gasteiger partial charge in [0.05, 0.1) is 11.3 Å². The molecule has 1 aliphatic heterocycles. The quantitative estimate of drug-likeness (QED) is 0.804. The van der Waals surface area contributed by atoms with E-state index in [1.807, 2.05) is 12.1 Å². The lowest BCUT2D eigenvalue weighted by Gasteiger charge is -2.24. The van der Waals surface area contributed by atoms with E-state index in [0.717, 1.165) is 31.6 Å². The largest absolute Gasteiger partial charge is 0.399 e. The van der Waals surface area contributed by atoms with Crippen molar-refractivity contribution < 1.29 is 0 Å². The highest BCUT2D eigenvalue weighted by Crippen LogP contribution is 2.27. The number of aryl methyl sites for hydroxylation is 1. The molecule has 0 saturated carbocycles. The Morgan fingerprint density at radius 1 is 1.10 bits per heavy atom. The van der Waals surface area contributed by atoms with Crippen molar-refractivity contribution in [3.63, 3.8) is 0 Å². The van der Waals surface area contributed by atoms with Crippen molar-refractivity contribution in [3.8, 4) is 6.07 Å². The molecule has 3 rings (SSSR count). The molecule has 100 valence electrons. The van der Waals surface area contributed by atoms with Crippen LogP contribution in [0.5, 0.6) is 0 Å². The zero-order valence-corrected chi connectivity index (χ0v) is 11.3. The summed E-state index contributed by atoms with van der Waals surface area (Å²) in [4.78, 5) is 2.28. The fourth-order valence-electron chi connectivity index (χ4n) is 2.83. The van der Waals surface area contributed by atoms with Crippen molar-refractivity contribution in [3.05, 3.63) is 59.2 Å². The van der Waals surface area contributed by atoms with E-state index in [9.17, 15) is 5.26 Å². The van der Waals surface area contributed by atoms with Gasteiger partial charge >= 0.3 is 0 Å². The lowest BCUT2D eigenvalue weighted by atomic mass is 10.0. The molecule has 2 aromatic carbocycles. The fourth-order valence-corrected chi connectivity index (χ4v) is 2.83. The Balaban J connectivity index is 1.98. The van der Waals surface area contributed by atoms with Crippen LogP contribution in [-0.4, -0.2) is 6.54 Å². The summed E-state index contributed by atoms with van der Waals surface area (Å²) in [6, 6.07) is 16.4. The van der Waals surface area contributed by atoms with E-state index in [1.54, 1.807) is 6.07 Å². The Bertz CT molecular complexity index is 670. The zero-order valence-electron chi connectivity index (χ0n) is 11.3. The van der Waals surface area contributed by atoms with Crippen molar-refractivity contribution in [2.24, 2.45) is 0 Å². The number of hydrogen-bond donors (Lipinski definition) is 1. The van der Waals surface area contributed by atoms with Gasteiger partial charge in [0.1, 0.15) is 6.07 Å². The maximum atomic E-state index is 9.31. The predicted octanol–water partition coefficient (Wildman–Crippen LogP) is 3.09. The molecule has 0 amide bonds. The standard InChI is InChI=1S/C17H17N3/c18-11-15-10-16(19)7-8-17(15)20-9-3-6-13-4-1-2-5-14(13)12-20/h1-2,4-5,7-8,10H,3,6,9,12,19H2. The van der Waals surface area contributed by atoms with Crippen LogP contribution >= 0.6 is 0 Å². The lowest BCUT2D eigenvalue weighted by Crippen LogP contribution is -2.23. The van der Waals surface area contributed by atoms with Crippen LogP contribution in [0.15, 0.2) is 42.5 Å². The molecule has 0 aliphatic carbocycles. The molecule has 1 heterocycles. The Morgan fingerprint density at radius 3 is 2.70 bits per heavy atom. The number of nitrogen functional groups attached to an aromatic ring is 1. The van der Waals surface area contributed by atoms with Crippen LogP contribution in [0.4, 0.5) is 11.4 Å². The molecule has 3 heteroatoms. The molecular formula is C17H17N3. The van der Waals surface area contributed by atoms with Crippen LogP contribution in [0.3, 0.4) is 0 Å². The molecule has 2 N–H and O–H groups in total. The molecule has 20 heavy (non-hydrogen) atoms. The summed E-state index contributed by atoms with van der Waals surface area (Å²) in [6.45, 7) is 1.82. The van der Waals surface area contributed by atoms with E-state index in [-0.39, 0.29) is 0 Å². The predicted molar refractivity (Wildman–Crippen MR) is 81.4 cm³/mol. The monoisotopic (exact) mass is 263 g/mol. The van der Waals surface area contributed by atoms with Gasteiger partial charge < -0.3 is 10.6 Å². The number of rotatable bonds is 1. The van der Waals surface area contributed by atoms with Gasteiger partial charge in [-0.05, 0) is 42.2 Å². The molecule has 0 aromatic heterocycles. The van der Waals surface area contributed by atoms with Crippen molar-refractivity contribution in [1.82, 2.24) is 0 Å². The highest BCUT2D eigenvalue weighted by Gasteiger charge is 2.16. The van der Waals surface area contributed by atoms with Gasteiger partial charge in [-0.25, -0.2) is 0 Å². The SMILES string of the molecule is N#Cc1cc(N)ccc1N1CCCc2ccccc2C1. The number of anilines is 2. The molecule has 3 nitrogen and oxygen atoms in total. The van der Waals surface area contributed by atoms with Gasteiger partial charge in [0, 0.05) is 18.8 Å². The van der Waals surface area contributed by atoms with Crippen LogP contribution in [0.2, 0.25) is 0 Å². The molecule has 0 spiro atoms. The number of benzene rings is 2. The average molecular weight is 263 g/mol. The topological polar surface area (TPSA) is 53.1 Å². The molecule has 0 unspecified atom stereocenters. The maximum Gasteiger partial charge on any atom is 0.101 e. The minimum Gasteiger partial charge on any atom is -0.399 e. The first-order chi connectivity index (χ1) is 9.78. The van der Waals surface area contributed by atoms with Crippen LogP contribution in [0.25, 0.3) is 0 Å². The van der Waals surface area contributed by atoms with E-state index < -0.39 is 0 Å². The first kappa shape index (κ1) is 12.6. The average Bonchev–Trinajstić information content (AvgIpc) is 2.69. The van der Waals surface area contributed by atoms with Crippen molar-refractivity contribution >= 4 is 11.4 Å². The Hall–Kier alpha value is -2.47. The van der Waals surface area contributed by atoms with E-state index in [2.05, 4.69) is 35.2 Å². The Labute approximate surface area is 119 Å². The summed E-state index contributed by atoms with van der Waals surface area (Å²) in [5.41, 5.74) is 10.8. The Morgan fingerprint density at radius 2 is 1.90 bits per heavy atom. The third-order valence-corrected chi connectivity index (χ3v) is 3.84. The molecular weight excluding hydrogens is 246 g/mol. The minimum atomic E-state index is 0.639. The second-order valence-corrected chi connectivity index (χ2v) is 5.18. The van der Waals surface area contributed by atoms with Gasteiger partial charge in [-0.1, -0.05) is 24.3 Å². The maximum absolute atomic E-state index is 9.31. The van der Waals surface area contributed by atoms with Gasteiger partial charge in [-0.2, -0.15) is 5.26 Å². The zero-order chi connectivity index (χ0) is 13.9. The molecule has 0 atom stereocenters. The van der Waals surface area contributed by atoms with Crippen molar-refractivity contribution in [1.29, 1.82) is 5.26 Å². The van der Waals surface area contributed by atoms with E-state index in [1.165, 1.54) is 11.1 Å². The molecule has 2 aromatic rings. The number of nitrogens with zero attached hydrogens (tertiary/aromatic N) is 2. The lowest BCUT2D eigenvalue weighted by molar-refractivity contribution is 0.765. The van der Waals surface area contributed by atoms with E-state index in [0.29, 0.717) is 11.3 Å². The van der Waals surface area contributed by atoms with Gasteiger partial charge in [-0.15, -0.1) is 0 Å². The molecule has 0 bridgehead atoms. The van der Waals surface area contributed by atoms with Gasteiger partial charge in [0.25, 0.3) is 0 Å². The summed E-state index contributed by atoms with van der Waals surface area (Å²) < 4.78 is 0. The highest BCUT2D eigenvalue weighted by molar-refractivity contribution is 5.64. The van der Waals surface area contributed by atoms with Gasteiger partial charge in [0.15, 0.2) is 0 Å². The first-order valence-electron chi connectivity index (χ1n) is 6.89. The second kappa shape index (κ2) is 5.26. The van der Waals surface area contributed by atoms with Gasteiger partial charge in [0.2, 0.25) is 0 Å². The van der Waals surface area contributed by atoms with Crippen molar-refractivity contribution in [2.75, 3.05) is 17.2 Å². The van der Waals surface area contributed by atoms with Crippen LogP contribution < -0.4 is 10.6 Å². The molecule has 0 fully saturated rings. The summed E-state index contributed by atoms with van der Waals surface area (Å²) in [5.74, 6) is 0. The van der Waals surface area contributed by atoms with E-state index in [4.69, 9.17) is 5.73 Å². The normalized spacial score (nSPS) is 14.2. The second-order valence-electron chi connectivity index (χ2n) is 5.18.